The number of carbonyl (C=O) groups excluding carboxylic acids is 1. The lowest BCUT2D eigenvalue weighted by atomic mass is 9.96. The first-order valence-corrected chi connectivity index (χ1v) is 8.53. The van der Waals surface area contributed by atoms with Crippen molar-refractivity contribution in [1.82, 2.24) is 0 Å². The predicted octanol–water partition coefficient (Wildman–Crippen LogP) is 5.14. The summed E-state index contributed by atoms with van der Waals surface area (Å²) in [5.41, 5.74) is 4.20. The molecule has 0 unspecified atom stereocenters. The van der Waals surface area contributed by atoms with Crippen LogP contribution < -0.4 is 0 Å². The fourth-order valence-electron chi connectivity index (χ4n) is 2.91. The smallest absolute Gasteiger partial charge is 0.162 e. The molecule has 0 aromatic heterocycles. The molecule has 0 spiro atoms. The third-order valence-corrected chi connectivity index (χ3v) is 4.39. The molecule has 25 heavy (non-hydrogen) atoms. The SMILES string of the molecule is C=C(CCCC(=O)C1=CCC(OC)=C(OC)C=C1)c1ccccc1C. The van der Waals surface area contributed by atoms with Gasteiger partial charge in [-0.1, -0.05) is 36.9 Å². The Hall–Kier alpha value is -2.55. The van der Waals surface area contributed by atoms with Gasteiger partial charge in [-0.2, -0.15) is 0 Å². The summed E-state index contributed by atoms with van der Waals surface area (Å²) < 4.78 is 10.6. The zero-order valence-corrected chi connectivity index (χ0v) is 15.3. The number of allylic oxidation sites excluding steroid dienone is 5. The lowest BCUT2D eigenvalue weighted by molar-refractivity contribution is -0.115. The molecule has 3 heteroatoms. The van der Waals surface area contributed by atoms with E-state index in [1.807, 2.05) is 24.3 Å². The minimum Gasteiger partial charge on any atom is -0.497 e. The van der Waals surface area contributed by atoms with E-state index in [0.717, 1.165) is 24.2 Å². The van der Waals surface area contributed by atoms with Crippen molar-refractivity contribution in [2.24, 2.45) is 0 Å². The summed E-state index contributed by atoms with van der Waals surface area (Å²) in [7, 11) is 3.21. The highest BCUT2D eigenvalue weighted by Crippen LogP contribution is 2.24. The van der Waals surface area contributed by atoms with Gasteiger partial charge in [-0.3, -0.25) is 4.79 Å². The summed E-state index contributed by atoms with van der Waals surface area (Å²) in [4.78, 5) is 12.5. The summed E-state index contributed by atoms with van der Waals surface area (Å²) in [6.45, 7) is 6.26. The molecule has 1 aliphatic carbocycles. The Labute approximate surface area is 150 Å². The van der Waals surface area contributed by atoms with Gasteiger partial charge >= 0.3 is 0 Å². The van der Waals surface area contributed by atoms with Crippen molar-refractivity contribution in [3.63, 3.8) is 0 Å². The Kier molecular flexibility index (Phi) is 6.81. The molecule has 1 aromatic carbocycles. The number of ether oxygens (including phenoxy) is 2. The standard InChI is InChI=1S/C22H26O3/c1-16-8-5-6-10-19(16)17(2)9-7-11-20(23)18-12-14-21(24-3)22(25-4)15-13-18/h5-6,8,10,12-14H,2,7,9,11,15H2,1,3-4H3. The van der Waals surface area contributed by atoms with Crippen LogP contribution in [0.1, 0.15) is 36.8 Å². The van der Waals surface area contributed by atoms with E-state index in [0.29, 0.717) is 24.2 Å². The minimum atomic E-state index is 0.140. The number of ketones is 1. The van der Waals surface area contributed by atoms with Crippen molar-refractivity contribution in [1.29, 1.82) is 0 Å². The van der Waals surface area contributed by atoms with Crippen LogP contribution in [0.2, 0.25) is 0 Å². The van der Waals surface area contributed by atoms with Crippen LogP contribution in [0.3, 0.4) is 0 Å². The van der Waals surface area contributed by atoms with Gasteiger partial charge in [0.05, 0.1) is 14.2 Å². The maximum Gasteiger partial charge on any atom is 0.162 e. The van der Waals surface area contributed by atoms with Gasteiger partial charge in [0.1, 0.15) is 5.76 Å². The maximum absolute atomic E-state index is 12.5. The predicted molar refractivity (Wildman–Crippen MR) is 102 cm³/mol. The first-order chi connectivity index (χ1) is 12.1. The molecule has 0 saturated heterocycles. The van der Waals surface area contributed by atoms with Crippen LogP contribution in [0.5, 0.6) is 0 Å². The number of methoxy groups -OCH3 is 2. The molecule has 1 aromatic rings. The summed E-state index contributed by atoms with van der Waals surface area (Å²) in [6, 6.07) is 8.21. The van der Waals surface area contributed by atoms with Crippen LogP contribution in [0.25, 0.3) is 5.57 Å². The fraction of sp³-hybridized carbons (Fsp3) is 0.318. The highest BCUT2D eigenvalue weighted by molar-refractivity contribution is 5.98. The van der Waals surface area contributed by atoms with Crippen molar-refractivity contribution in [3.8, 4) is 0 Å². The fourth-order valence-corrected chi connectivity index (χ4v) is 2.91. The van der Waals surface area contributed by atoms with Crippen molar-refractivity contribution in [2.45, 2.75) is 32.6 Å². The molecule has 0 bridgehead atoms. The second kappa shape index (κ2) is 9.07. The van der Waals surface area contributed by atoms with Crippen LogP contribution in [-0.4, -0.2) is 20.0 Å². The average Bonchev–Trinajstić information content (AvgIpc) is 2.83. The lowest BCUT2D eigenvalue weighted by Crippen LogP contribution is -2.01. The number of hydrogen-bond donors (Lipinski definition) is 0. The largest absolute Gasteiger partial charge is 0.497 e. The third kappa shape index (κ3) is 4.96. The Balaban J connectivity index is 1.90. The molecule has 0 heterocycles. The summed E-state index contributed by atoms with van der Waals surface area (Å²) >= 11 is 0. The topological polar surface area (TPSA) is 35.5 Å². The second-order valence-electron chi connectivity index (χ2n) is 6.09. The third-order valence-electron chi connectivity index (χ3n) is 4.39. The van der Waals surface area contributed by atoms with Gasteiger partial charge in [-0.25, -0.2) is 0 Å². The van der Waals surface area contributed by atoms with Gasteiger partial charge in [0.2, 0.25) is 0 Å². The molecule has 0 radical (unpaired) electrons. The highest BCUT2D eigenvalue weighted by Gasteiger charge is 2.13. The van der Waals surface area contributed by atoms with Crippen LogP contribution >= 0.6 is 0 Å². The molecule has 0 N–H and O–H groups in total. The Morgan fingerprint density at radius 1 is 1.12 bits per heavy atom. The van der Waals surface area contributed by atoms with E-state index in [-0.39, 0.29) is 5.78 Å². The van der Waals surface area contributed by atoms with Crippen LogP contribution in [-0.2, 0) is 14.3 Å². The molecule has 0 aliphatic heterocycles. The molecular weight excluding hydrogens is 312 g/mol. The molecule has 0 atom stereocenters. The van der Waals surface area contributed by atoms with Gasteiger partial charge < -0.3 is 9.47 Å². The molecule has 132 valence electrons. The molecule has 0 amide bonds. The molecule has 2 rings (SSSR count). The number of Topliss-reactive ketones (excluding diaryl/α,β-unsaturated/α-hetero) is 1. The summed E-state index contributed by atoms with van der Waals surface area (Å²) in [5.74, 6) is 1.53. The normalized spacial score (nSPS) is 14.0. The summed E-state index contributed by atoms with van der Waals surface area (Å²) in [6.07, 6.45) is 8.18. The zero-order valence-electron chi connectivity index (χ0n) is 15.3. The number of benzene rings is 1. The van der Waals surface area contributed by atoms with Crippen LogP contribution in [0.15, 0.2) is 66.2 Å². The Morgan fingerprint density at radius 2 is 1.88 bits per heavy atom. The monoisotopic (exact) mass is 338 g/mol. The number of aryl methyl sites for hydroxylation is 1. The van der Waals surface area contributed by atoms with E-state index >= 15 is 0 Å². The van der Waals surface area contributed by atoms with Crippen molar-refractivity contribution >= 4 is 11.4 Å². The van der Waals surface area contributed by atoms with Crippen molar-refractivity contribution in [2.75, 3.05) is 14.2 Å². The number of rotatable bonds is 8. The molecule has 0 fully saturated rings. The first-order valence-electron chi connectivity index (χ1n) is 8.53. The zero-order chi connectivity index (χ0) is 18.2. The minimum absolute atomic E-state index is 0.140. The van der Waals surface area contributed by atoms with Gasteiger partial charge in [0, 0.05) is 18.4 Å². The van der Waals surface area contributed by atoms with E-state index in [1.165, 1.54) is 11.1 Å². The Morgan fingerprint density at radius 3 is 2.56 bits per heavy atom. The van der Waals surface area contributed by atoms with E-state index in [9.17, 15) is 4.79 Å². The van der Waals surface area contributed by atoms with Gasteiger partial charge in [0.15, 0.2) is 11.5 Å². The van der Waals surface area contributed by atoms with E-state index < -0.39 is 0 Å². The van der Waals surface area contributed by atoms with E-state index in [2.05, 4.69) is 25.6 Å². The van der Waals surface area contributed by atoms with Gasteiger partial charge in [0.25, 0.3) is 0 Å². The maximum atomic E-state index is 12.5. The van der Waals surface area contributed by atoms with Crippen molar-refractivity contribution < 1.29 is 14.3 Å². The Bertz CT molecular complexity index is 735. The van der Waals surface area contributed by atoms with Crippen molar-refractivity contribution in [3.05, 3.63) is 77.3 Å². The quantitative estimate of drug-likeness (QED) is 0.658. The van der Waals surface area contributed by atoms with Crippen LogP contribution in [0.4, 0.5) is 0 Å². The lowest BCUT2D eigenvalue weighted by Gasteiger charge is -2.09. The van der Waals surface area contributed by atoms with Crippen LogP contribution in [0, 0.1) is 6.92 Å². The molecule has 3 nitrogen and oxygen atoms in total. The van der Waals surface area contributed by atoms with Gasteiger partial charge in [-0.05, 0) is 48.6 Å². The molecule has 1 aliphatic rings. The molecular formula is C22H26O3. The second-order valence-corrected chi connectivity index (χ2v) is 6.09. The average molecular weight is 338 g/mol. The van der Waals surface area contributed by atoms with E-state index in [1.54, 1.807) is 20.3 Å². The van der Waals surface area contributed by atoms with E-state index in [4.69, 9.17) is 9.47 Å². The molecule has 0 saturated carbocycles. The summed E-state index contributed by atoms with van der Waals surface area (Å²) in [5, 5.41) is 0. The number of hydrogen-bond acceptors (Lipinski definition) is 3. The highest BCUT2D eigenvalue weighted by atomic mass is 16.5. The van der Waals surface area contributed by atoms with Gasteiger partial charge in [-0.15, -0.1) is 0 Å². The first kappa shape index (κ1) is 18.8. The number of carbonyl (C=O) groups is 1.